The minimum Gasteiger partial charge on any atom is -0.479 e. The van der Waals surface area contributed by atoms with Crippen LogP contribution in [0, 0.1) is 5.41 Å². The summed E-state index contributed by atoms with van der Waals surface area (Å²) in [5.41, 5.74) is 0.916. The van der Waals surface area contributed by atoms with Gasteiger partial charge < -0.3 is 14.7 Å². The summed E-state index contributed by atoms with van der Waals surface area (Å²) in [5.74, 6) is -1.17. The summed E-state index contributed by atoms with van der Waals surface area (Å²) >= 11 is 0. The molecule has 1 aliphatic rings. The maximum Gasteiger partial charge on any atom is 0.334 e. The Morgan fingerprint density at radius 3 is 2.50 bits per heavy atom. The number of aliphatic carboxylic acids is 1. The molecule has 1 amide bonds. The lowest BCUT2D eigenvalue weighted by Gasteiger charge is -2.30. The molecule has 0 aromatic heterocycles. The highest BCUT2D eigenvalue weighted by Crippen LogP contribution is 2.24. The molecule has 0 spiro atoms. The zero-order valence-corrected chi connectivity index (χ0v) is 11.4. The Labute approximate surface area is 107 Å². The highest BCUT2D eigenvalue weighted by atomic mass is 16.5. The van der Waals surface area contributed by atoms with Gasteiger partial charge in [-0.25, -0.2) is 4.79 Å². The second-order valence-electron chi connectivity index (χ2n) is 5.56. The average Bonchev–Trinajstić information content (AvgIpc) is 2.27. The van der Waals surface area contributed by atoms with Crippen molar-refractivity contribution < 1.29 is 19.4 Å². The van der Waals surface area contributed by atoms with Crippen LogP contribution in [-0.2, 0) is 14.3 Å². The van der Waals surface area contributed by atoms with Gasteiger partial charge in [0.25, 0.3) is 0 Å². The predicted octanol–water partition coefficient (Wildman–Crippen LogP) is 1.29. The van der Waals surface area contributed by atoms with Crippen molar-refractivity contribution in [2.24, 2.45) is 5.41 Å². The van der Waals surface area contributed by atoms with E-state index >= 15 is 0 Å². The molecule has 0 bridgehead atoms. The quantitative estimate of drug-likeness (QED) is 0.755. The fourth-order valence-corrected chi connectivity index (χ4v) is 1.49. The van der Waals surface area contributed by atoms with Gasteiger partial charge in [-0.2, -0.15) is 0 Å². The number of carboxylic acid groups (broad SMARTS) is 1. The molecular weight excluding hydrogens is 234 g/mol. The molecule has 1 rings (SSSR count). The highest BCUT2D eigenvalue weighted by molar-refractivity contribution is 5.89. The molecule has 0 aromatic rings. The number of carbonyl (C=O) groups excluding carboxylic acids is 1. The van der Waals surface area contributed by atoms with Crippen molar-refractivity contribution in [2.75, 3.05) is 19.7 Å². The van der Waals surface area contributed by atoms with Gasteiger partial charge in [0.05, 0.1) is 13.2 Å². The van der Waals surface area contributed by atoms with Crippen LogP contribution in [0.25, 0.3) is 0 Å². The molecule has 1 aliphatic heterocycles. The number of amides is 1. The maximum absolute atomic E-state index is 12.0. The molecule has 0 aromatic carbocycles. The number of hydrogen-bond donors (Lipinski definition) is 1. The first-order chi connectivity index (χ1) is 8.21. The number of morpholine rings is 1. The van der Waals surface area contributed by atoms with Crippen LogP contribution in [0.15, 0.2) is 11.6 Å². The van der Waals surface area contributed by atoms with Crippen molar-refractivity contribution in [1.29, 1.82) is 0 Å². The summed E-state index contributed by atoms with van der Waals surface area (Å²) < 4.78 is 5.08. The van der Waals surface area contributed by atoms with Crippen LogP contribution in [0.5, 0.6) is 0 Å². The summed E-state index contributed by atoms with van der Waals surface area (Å²) in [5, 5.41) is 8.87. The van der Waals surface area contributed by atoms with Gasteiger partial charge >= 0.3 is 5.97 Å². The molecule has 1 N–H and O–H groups in total. The first kappa shape index (κ1) is 14.7. The third kappa shape index (κ3) is 3.84. The van der Waals surface area contributed by atoms with Gasteiger partial charge in [0.15, 0.2) is 6.10 Å². The third-order valence-corrected chi connectivity index (χ3v) is 3.18. The Kier molecular flexibility index (Phi) is 4.51. The SMILES string of the molecule is C/C(=C\C(=O)N1CCO[C@@H](C(=O)O)C1)C(C)(C)C. The summed E-state index contributed by atoms with van der Waals surface area (Å²) in [6.45, 7) is 8.83. The first-order valence-electron chi connectivity index (χ1n) is 6.04. The fraction of sp³-hybridized carbons (Fsp3) is 0.692. The lowest BCUT2D eigenvalue weighted by Crippen LogP contribution is -2.48. The zero-order valence-electron chi connectivity index (χ0n) is 11.4. The van der Waals surface area contributed by atoms with Crippen molar-refractivity contribution in [3.8, 4) is 0 Å². The van der Waals surface area contributed by atoms with E-state index < -0.39 is 12.1 Å². The van der Waals surface area contributed by atoms with Crippen molar-refractivity contribution in [3.05, 3.63) is 11.6 Å². The van der Waals surface area contributed by atoms with Crippen LogP contribution in [0.2, 0.25) is 0 Å². The molecule has 18 heavy (non-hydrogen) atoms. The molecule has 0 unspecified atom stereocenters. The Morgan fingerprint density at radius 1 is 1.39 bits per heavy atom. The van der Waals surface area contributed by atoms with Crippen molar-refractivity contribution >= 4 is 11.9 Å². The minimum absolute atomic E-state index is 0.0614. The lowest BCUT2D eigenvalue weighted by atomic mass is 9.87. The van der Waals surface area contributed by atoms with Gasteiger partial charge in [-0.3, -0.25) is 4.79 Å². The van der Waals surface area contributed by atoms with Crippen molar-refractivity contribution in [1.82, 2.24) is 4.90 Å². The van der Waals surface area contributed by atoms with Crippen molar-refractivity contribution in [3.63, 3.8) is 0 Å². The van der Waals surface area contributed by atoms with E-state index in [0.29, 0.717) is 6.54 Å². The predicted molar refractivity (Wildman–Crippen MR) is 67.2 cm³/mol. The number of rotatable bonds is 2. The van der Waals surface area contributed by atoms with E-state index in [0.717, 1.165) is 5.57 Å². The monoisotopic (exact) mass is 255 g/mol. The fourth-order valence-electron chi connectivity index (χ4n) is 1.49. The first-order valence-corrected chi connectivity index (χ1v) is 6.04. The summed E-state index contributed by atoms with van der Waals surface area (Å²) in [6, 6.07) is 0. The second-order valence-corrected chi connectivity index (χ2v) is 5.56. The van der Waals surface area contributed by atoms with Crippen LogP contribution < -0.4 is 0 Å². The standard InChI is InChI=1S/C13H21NO4/c1-9(13(2,3)4)7-11(15)14-5-6-18-10(8-14)12(16)17/h7,10H,5-6,8H2,1-4H3,(H,16,17)/b9-7+/t10-/m1/s1. The molecule has 0 aliphatic carbocycles. The molecule has 102 valence electrons. The van der Waals surface area contributed by atoms with Gasteiger partial charge in [-0.1, -0.05) is 26.3 Å². The van der Waals surface area contributed by atoms with E-state index in [1.165, 1.54) is 4.90 Å². The largest absolute Gasteiger partial charge is 0.479 e. The van der Waals surface area contributed by atoms with Crippen LogP contribution in [0.3, 0.4) is 0 Å². The van der Waals surface area contributed by atoms with Gasteiger partial charge in [0.2, 0.25) is 5.91 Å². The van der Waals surface area contributed by atoms with E-state index in [1.54, 1.807) is 6.08 Å². The summed E-state index contributed by atoms with van der Waals surface area (Å²) in [6.07, 6.45) is 0.676. The van der Waals surface area contributed by atoms with Gasteiger partial charge in [-0.15, -0.1) is 0 Å². The maximum atomic E-state index is 12.0. The van der Waals surface area contributed by atoms with E-state index in [1.807, 2.05) is 27.7 Å². The molecule has 1 atom stereocenters. The van der Waals surface area contributed by atoms with Crippen LogP contribution in [0.1, 0.15) is 27.7 Å². The lowest BCUT2D eigenvalue weighted by molar-refractivity contribution is -0.158. The van der Waals surface area contributed by atoms with Gasteiger partial charge in [0, 0.05) is 12.6 Å². The number of ether oxygens (including phenoxy) is 1. The number of hydrogen-bond acceptors (Lipinski definition) is 3. The molecule has 1 saturated heterocycles. The normalized spacial score (nSPS) is 21.9. The second kappa shape index (κ2) is 5.52. The molecule has 5 heteroatoms. The number of carboxylic acids is 1. The molecular formula is C13H21NO4. The number of allylic oxidation sites excluding steroid dienone is 1. The molecule has 0 radical (unpaired) electrons. The Bertz CT molecular complexity index is 368. The summed E-state index contributed by atoms with van der Waals surface area (Å²) in [7, 11) is 0. The third-order valence-electron chi connectivity index (χ3n) is 3.18. The number of nitrogens with zero attached hydrogens (tertiary/aromatic N) is 1. The Morgan fingerprint density at radius 2 is 2.00 bits per heavy atom. The Hall–Kier alpha value is -1.36. The molecule has 1 fully saturated rings. The van der Waals surface area contributed by atoms with E-state index in [9.17, 15) is 9.59 Å². The molecule has 1 heterocycles. The zero-order chi connectivity index (χ0) is 13.9. The average molecular weight is 255 g/mol. The highest BCUT2D eigenvalue weighted by Gasteiger charge is 2.28. The topological polar surface area (TPSA) is 66.8 Å². The van der Waals surface area contributed by atoms with E-state index in [2.05, 4.69) is 0 Å². The minimum atomic E-state index is -1.02. The smallest absolute Gasteiger partial charge is 0.334 e. The van der Waals surface area contributed by atoms with Gasteiger partial charge in [0.1, 0.15) is 0 Å². The molecule has 5 nitrogen and oxygen atoms in total. The van der Waals surface area contributed by atoms with Crippen LogP contribution >= 0.6 is 0 Å². The van der Waals surface area contributed by atoms with Crippen LogP contribution in [-0.4, -0.2) is 47.7 Å². The van der Waals surface area contributed by atoms with Crippen LogP contribution in [0.4, 0.5) is 0 Å². The van der Waals surface area contributed by atoms with E-state index in [4.69, 9.17) is 9.84 Å². The Balaban J connectivity index is 2.70. The van der Waals surface area contributed by atoms with Gasteiger partial charge in [-0.05, 0) is 12.3 Å². The summed E-state index contributed by atoms with van der Waals surface area (Å²) in [4.78, 5) is 24.4. The number of carbonyl (C=O) groups is 2. The van der Waals surface area contributed by atoms with Crippen molar-refractivity contribution in [2.45, 2.75) is 33.8 Å². The molecule has 0 saturated carbocycles. The van der Waals surface area contributed by atoms with E-state index in [-0.39, 0.29) is 24.5 Å².